The topological polar surface area (TPSA) is 80.9 Å². The number of aryl methyl sites for hydroxylation is 1. The Hall–Kier alpha value is -3.62. The van der Waals surface area contributed by atoms with Gasteiger partial charge in [0.2, 0.25) is 17.6 Å². The van der Waals surface area contributed by atoms with E-state index in [1.165, 1.54) is 0 Å². The summed E-state index contributed by atoms with van der Waals surface area (Å²) in [4.78, 5) is 24.2. The summed E-state index contributed by atoms with van der Waals surface area (Å²) in [7, 11) is 0. The molecule has 0 bridgehead atoms. The summed E-state index contributed by atoms with van der Waals surface area (Å²) in [6.45, 7) is 1.73. The van der Waals surface area contributed by atoms with Crippen LogP contribution in [0.25, 0.3) is 32.5 Å². The maximum Gasteiger partial charge on any atom is 0.229 e. The van der Waals surface area contributed by atoms with Crippen LogP contribution in [0.2, 0.25) is 0 Å². The van der Waals surface area contributed by atoms with E-state index in [4.69, 9.17) is 9.51 Å². The summed E-state index contributed by atoms with van der Waals surface area (Å²) in [6.07, 6.45) is 0.220. The van der Waals surface area contributed by atoms with Crippen LogP contribution in [0.1, 0.15) is 10.8 Å². The maximum absolute atomic E-state index is 13.0. The van der Waals surface area contributed by atoms with Crippen LogP contribution in [0, 0.1) is 6.92 Å². The summed E-state index contributed by atoms with van der Waals surface area (Å²) in [6, 6.07) is 21.5. The molecular weight excluding hydrogens is 440 g/mol. The summed E-state index contributed by atoms with van der Waals surface area (Å²) >= 11 is 3.17. The third-order valence-electron chi connectivity index (χ3n) is 4.76. The number of anilines is 1. The van der Waals surface area contributed by atoms with Gasteiger partial charge in [-0.2, -0.15) is 4.98 Å². The molecule has 0 unspecified atom stereocenters. The molecule has 2 aromatic carbocycles. The van der Waals surface area contributed by atoms with Crippen LogP contribution >= 0.6 is 22.7 Å². The Labute approximate surface area is 192 Å². The second-order valence-corrected chi connectivity index (χ2v) is 9.07. The van der Waals surface area contributed by atoms with Crippen molar-refractivity contribution in [2.45, 2.75) is 13.3 Å². The zero-order valence-corrected chi connectivity index (χ0v) is 18.7. The van der Waals surface area contributed by atoms with Crippen LogP contribution in [0.3, 0.4) is 0 Å². The van der Waals surface area contributed by atoms with E-state index in [2.05, 4.69) is 15.5 Å². The van der Waals surface area contributed by atoms with Gasteiger partial charge in [0.25, 0.3) is 0 Å². The lowest BCUT2D eigenvalue weighted by Gasteiger charge is -2.08. The van der Waals surface area contributed by atoms with Gasteiger partial charge in [0, 0.05) is 22.9 Å². The fourth-order valence-corrected chi connectivity index (χ4v) is 5.20. The van der Waals surface area contributed by atoms with Crippen molar-refractivity contribution >= 4 is 34.3 Å². The van der Waals surface area contributed by atoms with E-state index in [9.17, 15) is 4.79 Å². The molecule has 0 atom stereocenters. The summed E-state index contributed by atoms with van der Waals surface area (Å²) < 4.78 is 5.10. The highest BCUT2D eigenvalue weighted by Gasteiger charge is 2.19. The zero-order chi connectivity index (χ0) is 21.9. The molecule has 0 fully saturated rings. The normalized spacial score (nSPS) is 10.9. The molecule has 5 rings (SSSR count). The smallest absolute Gasteiger partial charge is 0.229 e. The molecule has 0 spiro atoms. The van der Waals surface area contributed by atoms with Gasteiger partial charge in [-0.25, -0.2) is 4.98 Å². The molecule has 0 saturated heterocycles. The van der Waals surface area contributed by atoms with E-state index in [1.807, 2.05) is 72.1 Å². The van der Waals surface area contributed by atoms with Crippen LogP contribution in [0.15, 0.2) is 76.6 Å². The van der Waals surface area contributed by atoms with Gasteiger partial charge in [0.05, 0.1) is 22.7 Å². The average molecular weight is 459 g/mol. The minimum atomic E-state index is -0.126. The Bertz CT molecular complexity index is 1360. The third kappa shape index (κ3) is 4.23. The van der Waals surface area contributed by atoms with Gasteiger partial charge in [-0.1, -0.05) is 53.7 Å². The van der Waals surface area contributed by atoms with Gasteiger partial charge in [-0.15, -0.1) is 22.7 Å². The van der Waals surface area contributed by atoms with Crippen LogP contribution in [-0.2, 0) is 11.2 Å². The van der Waals surface area contributed by atoms with Crippen molar-refractivity contribution in [1.82, 2.24) is 15.1 Å². The number of carbonyl (C=O) groups is 1. The quantitative estimate of drug-likeness (QED) is 0.334. The Morgan fingerprint density at radius 2 is 1.81 bits per heavy atom. The molecule has 0 aliphatic carbocycles. The first-order valence-electron chi connectivity index (χ1n) is 9.96. The summed E-state index contributed by atoms with van der Waals surface area (Å²) in [5, 5.41) is 9.91. The highest BCUT2D eigenvalue weighted by Crippen LogP contribution is 2.36. The average Bonchev–Trinajstić information content (AvgIpc) is 3.56. The fraction of sp³-hybridized carbons (Fsp3) is 0.0833. The molecule has 3 heterocycles. The monoisotopic (exact) mass is 458 g/mol. The van der Waals surface area contributed by atoms with Crippen molar-refractivity contribution in [2.75, 3.05) is 5.32 Å². The minimum Gasteiger partial charge on any atom is -0.339 e. The molecule has 0 radical (unpaired) electrons. The first-order valence-corrected chi connectivity index (χ1v) is 11.7. The molecular formula is C24H18N4O2S2. The number of aromatic nitrogens is 3. The Morgan fingerprint density at radius 1 is 1.00 bits per heavy atom. The Balaban J connectivity index is 1.43. The predicted molar refractivity (Wildman–Crippen MR) is 128 cm³/mol. The molecule has 6 nitrogen and oxygen atoms in total. The second kappa shape index (κ2) is 8.86. The largest absolute Gasteiger partial charge is 0.339 e. The highest BCUT2D eigenvalue weighted by atomic mass is 32.1. The van der Waals surface area contributed by atoms with E-state index < -0.39 is 0 Å². The Morgan fingerprint density at radius 3 is 2.56 bits per heavy atom. The lowest BCUT2D eigenvalue weighted by Crippen LogP contribution is -2.15. The fourth-order valence-electron chi connectivity index (χ4n) is 3.32. The van der Waals surface area contributed by atoms with Crippen molar-refractivity contribution in [3.63, 3.8) is 0 Å². The van der Waals surface area contributed by atoms with Crippen molar-refractivity contribution in [2.24, 2.45) is 0 Å². The molecule has 1 N–H and O–H groups in total. The summed E-state index contributed by atoms with van der Waals surface area (Å²) in [5.41, 5.74) is 3.26. The third-order valence-corrected chi connectivity index (χ3v) is 6.74. The molecule has 3 aromatic heterocycles. The van der Waals surface area contributed by atoms with Gasteiger partial charge in [0.15, 0.2) is 0 Å². The second-order valence-electron chi connectivity index (χ2n) is 7.04. The van der Waals surface area contributed by atoms with Gasteiger partial charge >= 0.3 is 0 Å². The first-order chi connectivity index (χ1) is 15.7. The van der Waals surface area contributed by atoms with Gasteiger partial charge < -0.3 is 9.84 Å². The minimum absolute atomic E-state index is 0.126. The number of benzene rings is 2. The maximum atomic E-state index is 13.0. The highest BCUT2D eigenvalue weighted by molar-refractivity contribution is 7.17. The van der Waals surface area contributed by atoms with Crippen LogP contribution in [0.4, 0.5) is 5.69 Å². The number of hydrogen-bond donors (Lipinski definition) is 1. The number of carbonyl (C=O) groups excluding carboxylic acids is 1. The molecule has 5 aromatic rings. The van der Waals surface area contributed by atoms with Crippen molar-refractivity contribution in [3.05, 3.63) is 82.9 Å². The van der Waals surface area contributed by atoms with Crippen molar-refractivity contribution in [1.29, 1.82) is 0 Å². The standard InChI is InChI=1S/C24H18N4O2S2/c1-15-25-23(28-30-15)17-10-5-6-11-18(17)26-21(29)14-20-22(19-12-7-13-31-19)27-24(32-20)16-8-3-2-4-9-16/h2-13H,14H2,1H3,(H,26,29). The van der Waals surface area contributed by atoms with E-state index >= 15 is 0 Å². The molecule has 1 amide bonds. The number of rotatable bonds is 6. The molecule has 32 heavy (non-hydrogen) atoms. The molecule has 0 aliphatic rings. The van der Waals surface area contributed by atoms with E-state index in [1.54, 1.807) is 29.6 Å². The first kappa shape index (κ1) is 20.3. The van der Waals surface area contributed by atoms with Crippen molar-refractivity contribution < 1.29 is 9.32 Å². The molecule has 8 heteroatoms. The number of thiazole rings is 1. The summed E-state index contributed by atoms with van der Waals surface area (Å²) in [5.74, 6) is 0.792. The van der Waals surface area contributed by atoms with E-state index in [0.717, 1.165) is 26.0 Å². The van der Waals surface area contributed by atoms with Crippen LogP contribution in [0.5, 0.6) is 0 Å². The van der Waals surface area contributed by atoms with Gasteiger partial charge in [-0.3, -0.25) is 4.79 Å². The van der Waals surface area contributed by atoms with Crippen LogP contribution < -0.4 is 5.32 Å². The zero-order valence-electron chi connectivity index (χ0n) is 17.1. The number of para-hydroxylation sites is 1. The predicted octanol–water partition coefficient (Wildman–Crippen LogP) is 6.08. The number of thiophene rings is 1. The lowest BCUT2D eigenvalue weighted by molar-refractivity contribution is -0.115. The number of hydrogen-bond acceptors (Lipinski definition) is 7. The van der Waals surface area contributed by atoms with E-state index in [0.29, 0.717) is 23.0 Å². The van der Waals surface area contributed by atoms with Gasteiger partial charge in [-0.05, 0) is 23.6 Å². The van der Waals surface area contributed by atoms with Crippen molar-refractivity contribution in [3.8, 4) is 32.5 Å². The Kier molecular flexibility index (Phi) is 5.62. The number of amides is 1. The molecule has 158 valence electrons. The molecule has 0 saturated carbocycles. The van der Waals surface area contributed by atoms with Gasteiger partial charge in [0.1, 0.15) is 5.01 Å². The van der Waals surface area contributed by atoms with E-state index in [-0.39, 0.29) is 12.3 Å². The van der Waals surface area contributed by atoms with Crippen LogP contribution in [-0.4, -0.2) is 21.0 Å². The SMILES string of the molecule is Cc1nc(-c2ccccc2NC(=O)Cc2sc(-c3ccccc3)nc2-c2cccs2)no1. The number of nitrogens with one attached hydrogen (secondary N) is 1. The lowest BCUT2D eigenvalue weighted by atomic mass is 10.1. The number of nitrogens with zero attached hydrogens (tertiary/aromatic N) is 3. The molecule has 0 aliphatic heterocycles.